The van der Waals surface area contributed by atoms with Crippen molar-refractivity contribution in [3.8, 4) is 0 Å². The molecule has 3 atom stereocenters. The molecule has 1 aliphatic heterocycles. The number of benzene rings is 1. The number of nitrogens with zero attached hydrogens (tertiary/aromatic N) is 7. The normalized spacial score (nSPS) is 22.3. The molecule has 31 heavy (non-hydrogen) atoms. The summed E-state index contributed by atoms with van der Waals surface area (Å²) in [5, 5.41) is 4.54. The number of anilines is 1. The lowest BCUT2D eigenvalue weighted by molar-refractivity contribution is 0.363. The Hall–Kier alpha value is -3.27. The van der Waals surface area contributed by atoms with Gasteiger partial charge in [0.2, 0.25) is 5.89 Å². The van der Waals surface area contributed by atoms with Gasteiger partial charge in [0.1, 0.15) is 18.7 Å². The van der Waals surface area contributed by atoms with Gasteiger partial charge in [0.25, 0.3) is 5.56 Å². The molecule has 0 radical (unpaired) electrons. The van der Waals surface area contributed by atoms with Crippen molar-refractivity contribution >= 4 is 28.5 Å². The highest BCUT2D eigenvalue weighted by molar-refractivity contribution is 6.30. The lowest BCUT2D eigenvalue weighted by atomic mass is 10.2. The van der Waals surface area contributed by atoms with Crippen LogP contribution in [0.4, 0.5) is 10.1 Å². The highest BCUT2D eigenvalue weighted by Crippen LogP contribution is 2.58. The summed E-state index contributed by atoms with van der Waals surface area (Å²) in [6.45, 7) is 1.73. The van der Waals surface area contributed by atoms with Crippen LogP contribution in [0.5, 0.6) is 0 Å². The molecule has 3 aromatic heterocycles. The summed E-state index contributed by atoms with van der Waals surface area (Å²) in [7, 11) is 1.75. The minimum Gasteiger partial charge on any atom is -0.371 e. The first-order valence-electron chi connectivity index (χ1n) is 9.88. The van der Waals surface area contributed by atoms with E-state index in [1.165, 1.54) is 23.0 Å². The summed E-state index contributed by atoms with van der Waals surface area (Å²) in [4.78, 5) is 27.6. The zero-order chi connectivity index (χ0) is 21.3. The third kappa shape index (κ3) is 3.01. The Morgan fingerprint density at radius 3 is 2.74 bits per heavy atom. The first kappa shape index (κ1) is 18.5. The maximum Gasteiger partial charge on any atom is 0.280 e. The number of imidazole rings is 1. The third-order valence-corrected chi connectivity index (χ3v) is 6.41. The standard InChI is InChI=1S/C20H17ClFN7O2/c1-27-8-23-19-17(27)20(30)29(9-24-19)7-15-25-18(26-31-15)16-13-5-28(6-14(13)16)12-3-10(21)2-11(22)4-12/h2-4,8-9,13-14,16H,5-7H2,1H3/t13-,14+,16+. The van der Waals surface area contributed by atoms with Gasteiger partial charge in [0, 0.05) is 36.8 Å². The topological polar surface area (TPSA) is 94.9 Å². The van der Waals surface area contributed by atoms with E-state index in [1.807, 2.05) is 0 Å². The molecule has 4 aromatic rings. The summed E-state index contributed by atoms with van der Waals surface area (Å²) in [5.41, 5.74) is 1.42. The van der Waals surface area contributed by atoms with E-state index in [-0.39, 0.29) is 23.8 Å². The van der Waals surface area contributed by atoms with Gasteiger partial charge in [-0.2, -0.15) is 4.98 Å². The predicted octanol–water partition coefficient (Wildman–Crippen LogP) is 2.20. The van der Waals surface area contributed by atoms with E-state index in [1.54, 1.807) is 24.0 Å². The van der Waals surface area contributed by atoms with Crippen molar-refractivity contribution in [2.45, 2.75) is 12.5 Å². The van der Waals surface area contributed by atoms with Gasteiger partial charge < -0.3 is 14.0 Å². The Morgan fingerprint density at radius 1 is 1.19 bits per heavy atom. The average molecular weight is 442 g/mol. The van der Waals surface area contributed by atoms with E-state index in [0.29, 0.717) is 39.7 Å². The second-order valence-corrected chi connectivity index (χ2v) is 8.57. The number of hydrogen-bond donors (Lipinski definition) is 0. The SMILES string of the molecule is Cn1cnc2ncn(Cc3nc([C@H]4[C@@H]5CN(c6cc(F)cc(Cl)c6)C[C@@H]54)no3)c(=O)c21. The average Bonchev–Trinajstić information content (AvgIpc) is 3.15. The number of halogens is 2. The van der Waals surface area contributed by atoms with Crippen LogP contribution >= 0.6 is 11.6 Å². The van der Waals surface area contributed by atoms with Crippen LogP contribution in [0.2, 0.25) is 5.02 Å². The molecular formula is C20H17ClFN7O2. The van der Waals surface area contributed by atoms with Crippen LogP contribution in [0.1, 0.15) is 17.6 Å². The van der Waals surface area contributed by atoms with E-state index >= 15 is 0 Å². The van der Waals surface area contributed by atoms with Gasteiger partial charge >= 0.3 is 0 Å². The van der Waals surface area contributed by atoms with Crippen molar-refractivity contribution in [2.24, 2.45) is 18.9 Å². The predicted molar refractivity (Wildman–Crippen MR) is 110 cm³/mol. The third-order valence-electron chi connectivity index (χ3n) is 6.19. The minimum atomic E-state index is -0.337. The summed E-state index contributed by atoms with van der Waals surface area (Å²) in [6, 6.07) is 4.59. The zero-order valence-electron chi connectivity index (χ0n) is 16.4. The molecule has 0 unspecified atom stereocenters. The second-order valence-electron chi connectivity index (χ2n) is 8.14. The molecule has 0 amide bonds. The Bertz CT molecular complexity index is 1350. The Kier molecular flexibility index (Phi) is 3.95. The van der Waals surface area contributed by atoms with Gasteiger partial charge in [-0.15, -0.1) is 0 Å². The quantitative estimate of drug-likeness (QED) is 0.479. The summed E-state index contributed by atoms with van der Waals surface area (Å²) in [5.74, 6) is 1.68. The van der Waals surface area contributed by atoms with Crippen molar-refractivity contribution in [1.82, 2.24) is 29.2 Å². The molecule has 0 spiro atoms. The molecule has 1 saturated heterocycles. The molecule has 11 heteroatoms. The van der Waals surface area contributed by atoms with Gasteiger partial charge in [-0.3, -0.25) is 9.36 Å². The van der Waals surface area contributed by atoms with Crippen LogP contribution in [0, 0.1) is 17.7 Å². The molecule has 4 heterocycles. The maximum atomic E-state index is 13.7. The largest absolute Gasteiger partial charge is 0.371 e. The molecule has 2 aliphatic rings. The van der Waals surface area contributed by atoms with Gasteiger partial charge in [-0.25, -0.2) is 14.4 Å². The first-order valence-corrected chi connectivity index (χ1v) is 10.3. The molecule has 1 aliphatic carbocycles. The highest BCUT2D eigenvalue weighted by atomic mass is 35.5. The van der Waals surface area contributed by atoms with Crippen molar-refractivity contribution < 1.29 is 8.91 Å². The number of rotatable bonds is 4. The van der Waals surface area contributed by atoms with E-state index in [2.05, 4.69) is 25.0 Å². The smallest absolute Gasteiger partial charge is 0.280 e. The molecule has 0 bridgehead atoms. The molecule has 9 nitrogen and oxygen atoms in total. The number of aromatic nitrogens is 6. The van der Waals surface area contributed by atoms with E-state index < -0.39 is 0 Å². The summed E-state index contributed by atoms with van der Waals surface area (Å²) < 4.78 is 22.1. The summed E-state index contributed by atoms with van der Waals surface area (Å²) in [6.07, 6.45) is 3.00. The molecule has 2 fully saturated rings. The van der Waals surface area contributed by atoms with Crippen molar-refractivity contribution in [1.29, 1.82) is 0 Å². The monoisotopic (exact) mass is 441 g/mol. The second kappa shape index (κ2) is 6.61. The van der Waals surface area contributed by atoms with E-state index in [9.17, 15) is 9.18 Å². The van der Waals surface area contributed by atoms with Crippen LogP contribution in [0.3, 0.4) is 0 Å². The Balaban J connectivity index is 1.17. The lowest BCUT2D eigenvalue weighted by Gasteiger charge is -2.21. The molecule has 1 saturated carbocycles. The molecule has 6 rings (SSSR count). The molecule has 158 valence electrons. The van der Waals surface area contributed by atoms with Gasteiger partial charge in [0.15, 0.2) is 17.0 Å². The fourth-order valence-corrected chi connectivity index (χ4v) is 4.86. The van der Waals surface area contributed by atoms with E-state index in [0.717, 1.165) is 18.8 Å². The van der Waals surface area contributed by atoms with Crippen molar-refractivity contribution in [2.75, 3.05) is 18.0 Å². The number of hydrogen-bond acceptors (Lipinski definition) is 7. The van der Waals surface area contributed by atoms with Crippen molar-refractivity contribution in [3.63, 3.8) is 0 Å². The summed E-state index contributed by atoms with van der Waals surface area (Å²) >= 11 is 5.98. The van der Waals surface area contributed by atoms with Crippen LogP contribution in [-0.2, 0) is 13.6 Å². The number of fused-ring (bicyclic) bond motifs is 2. The molecule has 0 N–H and O–H groups in total. The fraction of sp³-hybridized carbons (Fsp3) is 0.350. The lowest BCUT2D eigenvalue weighted by Crippen LogP contribution is -2.24. The maximum absolute atomic E-state index is 13.7. The zero-order valence-corrected chi connectivity index (χ0v) is 17.2. The fourth-order valence-electron chi connectivity index (χ4n) is 4.64. The first-order chi connectivity index (χ1) is 15.0. The molecular weight excluding hydrogens is 425 g/mol. The van der Waals surface area contributed by atoms with Crippen LogP contribution < -0.4 is 10.5 Å². The number of aryl methyl sites for hydroxylation is 1. The van der Waals surface area contributed by atoms with E-state index in [4.69, 9.17) is 16.1 Å². The van der Waals surface area contributed by atoms with Gasteiger partial charge in [-0.1, -0.05) is 16.8 Å². The van der Waals surface area contributed by atoms with Crippen LogP contribution in [0.15, 0.2) is 40.2 Å². The Morgan fingerprint density at radius 2 is 1.97 bits per heavy atom. The van der Waals surface area contributed by atoms with Crippen molar-refractivity contribution in [3.05, 3.63) is 63.8 Å². The van der Waals surface area contributed by atoms with Crippen LogP contribution in [-0.4, -0.2) is 42.3 Å². The number of piperidine rings is 1. The van der Waals surface area contributed by atoms with Gasteiger partial charge in [-0.05, 0) is 30.0 Å². The van der Waals surface area contributed by atoms with Crippen LogP contribution in [0.25, 0.3) is 11.2 Å². The highest BCUT2D eigenvalue weighted by Gasteiger charge is 2.58. The minimum absolute atomic E-state index is 0.149. The molecule has 1 aromatic carbocycles. The van der Waals surface area contributed by atoms with Gasteiger partial charge in [0.05, 0.1) is 6.33 Å². The Labute approximate surface area is 180 Å².